The molecule has 1 unspecified atom stereocenters. The average molecular weight is 428 g/mol. The maximum atomic E-state index is 12.7. The van der Waals surface area contributed by atoms with Gasteiger partial charge in [0.15, 0.2) is 5.82 Å². The second-order valence-electron chi connectivity index (χ2n) is 8.33. The van der Waals surface area contributed by atoms with Crippen LogP contribution < -0.4 is 10.6 Å². The van der Waals surface area contributed by atoms with Crippen molar-refractivity contribution in [3.8, 4) is 0 Å². The average Bonchev–Trinajstić information content (AvgIpc) is 3.24. The van der Waals surface area contributed by atoms with Gasteiger partial charge in [0.25, 0.3) is 0 Å². The van der Waals surface area contributed by atoms with Crippen LogP contribution in [0.2, 0.25) is 0 Å². The van der Waals surface area contributed by atoms with Gasteiger partial charge in [-0.25, -0.2) is 4.79 Å². The number of amides is 3. The molecule has 3 rings (SSSR count). The molecule has 1 saturated heterocycles. The fourth-order valence-corrected chi connectivity index (χ4v) is 3.66. The van der Waals surface area contributed by atoms with E-state index in [9.17, 15) is 9.59 Å². The minimum absolute atomic E-state index is 0.0452. The van der Waals surface area contributed by atoms with Crippen LogP contribution in [-0.4, -0.2) is 53.2 Å². The molecule has 8 heteroatoms. The molecule has 2 heterocycles. The van der Waals surface area contributed by atoms with Gasteiger partial charge in [-0.1, -0.05) is 49.3 Å². The molecule has 1 fully saturated rings. The van der Waals surface area contributed by atoms with Crippen molar-refractivity contribution in [2.45, 2.75) is 57.8 Å². The summed E-state index contributed by atoms with van der Waals surface area (Å²) in [6, 6.07) is 9.94. The van der Waals surface area contributed by atoms with Crippen LogP contribution in [0.25, 0.3) is 0 Å². The second kappa shape index (κ2) is 11.5. The predicted octanol–water partition coefficient (Wildman–Crippen LogP) is 3.22. The number of carbonyl (C=O) groups is 2. The van der Waals surface area contributed by atoms with Crippen molar-refractivity contribution in [3.05, 3.63) is 47.6 Å². The van der Waals surface area contributed by atoms with E-state index in [2.05, 4.69) is 20.8 Å². The number of benzene rings is 1. The highest BCUT2D eigenvalue weighted by Crippen LogP contribution is 2.25. The molecule has 1 aliphatic heterocycles. The number of nitrogens with one attached hydrogen (secondary N) is 2. The Balaban J connectivity index is 1.56. The van der Waals surface area contributed by atoms with Crippen molar-refractivity contribution >= 4 is 11.9 Å². The lowest BCUT2D eigenvalue weighted by Crippen LogP contribution is -2.43. The largest absolute Gasteiger partial charge is 0.356 e. The summed E-state index contributed by atoms with van der Waals surface area (Å²) in [7, 11) is 0. The van der Waals surface area contributed by atoms with Crippen LogP contribution in [0.4, 0.5) is 4.79 Å². The van der Waals surface area contributed by atoms with E-state index < -0.39 is 0 Å². The number of hydrogen-bond donors (Lipinski definition) is 2. The summed E-state index contributed by atoms with van der Waals surface area (Å²) in [6.07, 6.45) is 3.45. The first kappa shape index (κ1) is 22.8. The van der Waals surface area contributed by atoms with Crippen LogP contribution in [0.15, 0.2) is 34.9 Å². The molecule has 0 bridgehead atoms. The smallest absolute Gasteiger partial charge is 0.317 e. The summed E-state index contributed by atoms with van der Waals surface area (Å²) >= 11 is 0. The molecule has 1 aromatic carbocycles. The molecule has 31 heavy (non-hydrogen) atoms. The lowest BCUT2D eigenvalue weighted by Gasteiger charge is -2.23. The Morgan fingerprint density at radius 2 is 2.06 bits per heavy atom. The zero-order chi connectivity index (χ0) is 22.1. The first-order valence-electron chi connectivity index (χ1n) is 11.2. The van der Waals surface area contributed by atoms with E-state index >= 15 is 0 Å². The van der Waals surface area contributed by atoms with Crippen LogP contribution in [0.5, 0.6) is 0 Å². The van der Waals surface area contributed by atoms with Gasteiger partial charge in [-0.3, -0.25) is 4.79 Å². The van der Waals surface area contributed by atoms with E-state index in [1.54, 1.807) is 4.90 Å². The van der Waals surface area contributed by atoms with Gasteiger partial charge >= 0.3 is 6.03 Å². The number of carbonyl (C=O) groups excluding carboxylic acids is 2. The minimum atomic E-state index is -0.126. The Kier molecular flexibility index (Phi) is 8.44. The molecule has 3 amide bonds. The Bertz CT molecular complexity index is 837. The van der Waals surface area contributed by atoms with Gasteiger partial charge < -0.3 is 20.1 Å². The number of rotatable bonds is 5. The molecular weight excluding hydrogens is 394 g/mol. The summed E-state index contributed by atoms with van der Waals surface area (Å²) < 4.78 is 5.49. The van der Waals surface area contributed by atoms with Crippen molar-refractivity contribution in [2.24, 2.45) is 0 Å². The quantitative estimate of drug-likeness (QED) is 0.763. The Labute approximate surface area is 183 Å². The van der Waals surface area contributed by atoms with Gasteiger partial charge in [-0.2, -0.15) is 4.98 Å². The third-order valence-corrected chi connectivity index (χ3v) is 5.55. The van der Waals surface area contributed by atoms with Gasteiger partial charge in [-0.15, -0.1) is 0 Å². The Morgan fingerprint density at radius 1 is 1.26 bits per heavy atom. The molecule has 0 spiro atoms. The molecular formula is C23H33N5O3. The first-order chi connectivity index (χ1) is 15.0. The van der Waals surface area contributed by atoms with Crippen molar-refractivity contribution in [3.63, 3.8) is 0 Å². The highest BCUT2D eigenvalue weighted by molar-refractivity contribution is 5.78. The molecule has 168 valence electrons. The van der Waals surface area contributed by atoms with Crippen molar-refractivity contribution in [1.29, 1.82) is 0 Å². The van der Waals surface area contributed by atoms with E-state index in [-0.39, 0.29) is 23.8 Å². The van der Waals surface area contributed by atoms with Crippen LogP contribution in [0.1, 0.15) is 68.6 Å². The van der Waals surface area contributed by atoms with E-state index in [1.165, 1.54) is 5.56 Å². The predicted molar refractivity (Wildman–Crippen MR) is 118 cm³/mol. The summed E-state index contributed by atoms with van der Waals surface area (Å²) in [5, 5.41) is 10.0. The van der Waals surface area contributed by atoms with Crippen LogP contribution in [0, 0.1) is 0 Å². The van der Waals surface area contributed by atoms with Crippen LogP contribution in [-0.2, 0) is 11.2 Å². The SMILES string of the molecule is CC(C)c1noc(C2CCCN(C(=O)NCCc3ccccc3)CCC(=O)NCC2)n1. The van der Waals surface area contributed by atoms with Gasteiger partial charge in [0.1, 0.15) is 0 Å². The van der Waals surface area contributed by atoms with Crippen molar-refractivity contribution in [1.82, 2.24) is 25.7 Å². The number of aromatic nitrogens is 2. The van der Waals surface area contributed by atoms with Gasteiger partial charge in [-0.05, 0) is 31.2 Å². The van der Waals surface area contributed by atoms with E-state index in [0.29, 0.717) is 44.3 Å². The molecule has 2 aromatic rings. The molecule has 0 saturated carbocycles. The fraction of sp³-hybridized carbons (Fsp3) is 0.565. The monoisotopic (exact) mass is 427 g/mol. The lowest BCUT2D eigenvalue weighted by atomic mass is 9.99. The van der Waals surface area contributed by atoms with Crippen LogP contribution >= 0.6 is 0 Å². The van der Waals surface area contributed by atoms with Crippen LogP contribution in [0.3, 0.4) is 0 Å². The Morgan fingerprint density at radius 3 is 2.81 bits per heavy atom. The number of urea groups is 1. The first-order valence-corrected chi connectivity index (χ1v) is 11.2. The highest BCUT2D eigenvalue weighted by Gasteiger charge is 2.23. The van der Waals surface area contributed by atoms with E-state index in [1.807, 2.05) is 44.2 Å². The van der Waals surface area contributed by atoms with Gasteiger partial charge in [0.05, 0.1) is 0 Å². The highest BCUT2D eigenvalue weighted by atomic mass is 16.5. The van der Waals surface area contributed by atoms with Gasteiger partial charge in [0, 0.05) is 44.4 Å². The zero-order valence-corrected chi connectivity index (χ0v) is 18.5. The minimum Gasteiger partial charge on any atom is -0.356 e. The lowest BCUT2D eigenvalue weighted by molar-refractivity contribution is -0.121. The Hall–Kier alpha value is -2.90. The van der Waals surface area contributed by atoms with Gasteiger partial charge in [0.2, 0.25) is 11.8 Å². The molecule has 0 radical (unpaired) electrons. The standard InChI is InChI=1S/C23H33N5O3/c1-17(2)21-26-22(31-27-21)19-9-6-15-28(16-12-20(29)24-14-11-19)23(30)25-13-10-18-7-4-3-5-8-18/h3-5,7-8,17,19H,6,9-16H2,1-2H3,(H,24,29)(H,25,30). The summed E-state index contributed by atoms with van der Waals surface area (Å²) in [5.74, 6) is 1.55. The van der Waals surface area contributed by atoms with E-state index in [0.717, 1.165) is 25.7 Å². The molecule has 1 atom stereocenters. The topological polar surface area (TPSA) is 100 Å². The maximum Gasteiger partial charge on any atom is 0.317 e. The molecule has 2 N–H and O–H groups in total. The molecule has 0 aliphatic carbocycles. The number of nitrogens with zero attached hydrogens (tertiary/aromatic N) is 3. The summed E-state index contributed by atoms with van der Waals surface area (Å²) in [5.41, 5.74) is 1.18. The zero-order valence-electron chi connectivity index (χ0n) is 18.5. The summed E-state index contributed by atoms with van der Waals surface area (Å²) in [4.78, 5) is 31.2. The third kappa shape index (κ3) is 7.08. The molecule has 1 aliphatic rings. The molecule has 8 nitrogen and oxygen atoms in total. The fourth-order valence-electron chi connectivity index (χ4n) is 3.66. The second-order valence-corrected chi connectivity index (χ2v) is 8.33. The summed E-state index contributed by atoms with van der Waals surface area (Å²) in [6.45, 7) is 6.18. The number of hydrogen-bond acceptors (Lipinski definition) is 5. The normalized spacial score (nSPS) is 18.4. The van der Waals surface area contributed by atoms with Crippen molar-refractivity contribution in [2.75, 3.05) is 26.2 Å². The van der Waals surface area contributed by atoms with E-state index in [4.69, 9.17) is 4.52 Å². The maximum absolute atomic E-state index is 12.7. The molecule has 1 aromatic heterocycles. The third-order valence-electron chi connectivity index (χ3n) is 5.55. The van der Waals surface area contributed by atoms with Crippen molar-refractivity contribution < 1.29 is 14.1 Å².